The van der Waals surface area contributed by atoms with Crippen LogP contribution in [0.2, 0.25) is 10.0 Å². The van der Waals surface area contributed by atoms with Crippen molar-refractivity contribution in [3.8, 4) is 0 Å². The van der Waals surface area contributed by atoms with Crippen molar-refractivity contribution in [1.29, 1.82) is 0 Å². The van der Waals surface area contributed by atoms with E-state index in [0.29, 0.717) is 23.0 Å². The molecule has 1 aromatic carbocycles. The summed E-state index contributed by atoms with van der Waals surface area (Å²) in [5.41, 5.74) is 6.35. The Morgan fingerprint density at radius 2 is 1.94 bits per heavy atom. The molecule has 0 aliphatic heterocycles. The molecule has 0 aliphatic rings. The number of hydrogen-bond acceptors (Lipinski definition) is 2. The third-order valence-corrected chi connectivity index (χ3v) is 3.09. The topological polar surface area (TPSA) is 46.3 Å². The lowest BCUT2D eigenvalue weighted by Crippen LogP contribution is -2.31. The molecule has 1 amide bonds. The van der Waals surface area contributed by atoms with Gasteiger partial charge in [-0.05, 0) is 19.1 Å². The van der Waals surface area contributed by atoms with Crippen LogP contribution in [0.1, 0.15) is 18.9 Å². The van der Waals surface area contributed by atoms with Crippen LogP contribution < -0.4 is 5.73 Å². The van der Waals surface area contributed by atoms with E-state index in [9.17, 15) is 4.79 Å². The van der Waals surface area contributed by atoms with E-state index >= 15 is 0 Å². The summed E-state index contributed by atoms with van der Waals surface area (Å²) in [5.74, 6) is -0.0176. The van der Waals surface area contributed by atoms with Crippen LogP contribution in [0, 0.1) is 0 Å². The summed E-state index contributed by atoms with van der Waals surface area (Å²) < 4.78 is 0. The van der Waals surface area contributed by atoms with E-state index in [1.54, 1.807) is 37.1 Å². The van der Waals surface area contributed by atoms with E-state index in [0.717, 1.165) is 5.56 Å². The van der Waals surface area contributed by atoms with Gasteiger partial charge in [-0.2, -0.15) is 0 Å². The summed E-state index contributed by atoms with van der Waals surface area (Å²) in [7, 11) is 1.71. The second-order valence-electron chi connectivity index (χ2n) is 4.13. The number of benzene rings is 1. The minimum atomic E-state index is -0.147. The number of hydrogen-bond donors (Lipinski definition) is 1. The molecular formula is C12H16Cl2N2O. The molecule has 1 unspecified atom stereocenters. The van der Waals surface area contributed by atoms with Gasteiger partial charge < -0.3 is 10.6 Å². The molecule has 0 saturated heterocycles. The van der Waals surface area contributed by atoms with Gasteiger partial charge in [0.15, 0.2) is 0 Å². The molecule has 0 spiro atoms. The Labute approximate surface area is 111 Å². The minimum absolute atomic E-state index is 0.0176. The SMILES string of the molecule is CC(N)CC(=O)N(C)Cc1c(Cl)cccc1Cl. The van der Waals surface area contributed by atoms with Crippen LogP contribution in [0.3, 0.4) is 0 Å². The van der Waals surface area contributed by atoms with Crippen molar-refractivity contribution in [2.45, 2.75) is 25.9 Å². The number of amides is 1. The van der Waals surface area contributed by atoms with Crippen molar-refractivity contribution in [3.05, 3.63) is 33.8 Å². The van der Waals surface area contributed by atoms with Crippen molar-refractivity contribution in [3.63, 3.8) is 0 Å². The van der Waals surface area contributed by atoms with Crippen LogP contribution in [0.4, 0.5) is 0 Å². The number of rotatable bonds is 4. The van der Waals surface area contributed by atoms with Crippen LogP contribution in [-0.2, 0) is 11.3 Å². The standard InChI is InChI=1S/C12H16Cl2N2O/c1-8(15)6-12(17)16(2)7-9-10(13)4-3-5-11(9)14/h3-5,8H,6-7,15H2,1-2H3. The van der Waals surface area contributed by atoms with Crippen molar-refractivity contribution in [1.82, 2.24) is 4.90 Å². The van der Waals surface area contributed by atoms with Crippen LogP contribution in [-0.4, -0.2) is 23.9 Å². The Morgan fingerprint density at radius 1 is 1.41 bits per heavy atom. The first kappa shape index (κ1) is 14.3. The van der Waals surface area contributed by atoms with Crippen LogP contribution in [0.25, 0.3) is 0 Å². The zero-order valence-electron chi connectivity index (χ0n) is 9.91. The molecule has 0 bridgehead atoms. The summed E-state index contributed by atoms with van der Waals surface area (Å²) >= 11 is 12.1. The fourth-order valence-electron chi connectivity index (χ4n) is 1.44. The monoisotopic (exact) mass is 274 g/mol. The molecule has 0 aromatic heterocycles. The van der Waals surface area contributed by atoms with E-state index < -0.39 is 0 Å². The predicted molar refractivity (Wildman–Crippen MR) is 71.2 cm³/mol. The molecule has 0 aliphatic carbocycles. The molecule has 0 heterocycles. The highest BCUT2D eigenvalue weighted by Gasteiger charge is 2.14. The van der Waals surface area contributed by atoms with Gasteiger partial charge in [0.05, 0.1) is 0 Å². The van der Waals surface area contributed by atoms with E-state index in [-0.39, 0.29) is 11.9 Å². The summed E-state index contributed by atoms with van der Waals surface area (Å²) in [5, 5.41) is 1.14. The van der Waals surface area contributed by atoms with Gasteiger partial charge in [0.25, 0.3) is 0 Å². The summed E-state index contributed by atoms with van der Waals surface area (Å²) in [6.45, 7) is 2.19. The quantitative estimate of drug-likeness (QED) is 0.918. The number of carbonyl (C=O) groups excluding carboxylic acids is 1. The number of carbonyl (C=O) groups is 1. The number of nitrogens with zero attached hydrogens (tertiary/aromatic N) is 1. The van der Waals surface area contributed by atoms with Gasteiger partial charge in [-0.25, -0.2) is 0 Å². The highest BCUT2D eigenvalue weighted by molar-refractivity contribution is 6.36. The lowest BCUT2D eigenvalue weighted by atomic mass is 10.2. The largest absolute Gasteiger partial charge is 0.341 e. The Hall–Kier alpha value is -0.770. The van der Waals surface area contributed by atoms with Crippen molar-refractivity contribution >= 4 is 29.1 Å². The molecule has 5 heteroatoms. The minimum Gasteiger partial charge on any atom is -0.341 e. The van der Waals surface area contributed by atoms with Gasteiger partial charge in [0.2, 0.25) is 5.91 Å². The number of halogens is 2. The highest BCUT2D eigenvalue weighted by Crippen LogP contribution is 2.25. The Kier molecular flexibility index (Phi) is 5.25. The van der Waals surface area contributed by atoms with Gasteiger partial charge in [-0.15, -0.1) is 0 Å². The lowest BCUT2D eigenvalue weighted by Gasteiger charge is -2.19. The molecule has 0 fully saturated rings. The first-order chi connectivity index (χ1) is 7.91. The van der Waals surface area contributed by atoms with E-state index in [1.165, 1.54) is 0 Å². The average Bonchev–Trinajstić information content (AvgIpc) is 2.22. The van der Waals surface area contributed by atoms with Gasteiger partial charge in [-0.3, -0.25) is 4.79 Å². The average molecular weight is 275 g/mol. The van der Waals surface area contributed by atoms with Gasteiger partial charge in [0.1, 0.15) is 0 Å². The first-order valence-electron chi connectivity index (χ1n) is 5.34. The molecular weight excluding hydrogens is 259 g/mol. The van der Waals surface area contributed by atoms with Gasteiger partial charge >= 0.3 is 0 Å². The normalized spacial score (nSPS) is 12.3. The summed E-state index contributed by atoms with van der Waals surface area (Å²) in [4.78, 5) is 13.3. The van der Waals surface area contributed by atoms with E-state index in [2.05, 4.69) is 0 Å². The highest BCUT2D eigenvalue weighted by atomic mass is 35.5. The molecule has 1 aromatic rings. The summed E-state index contributed by atoms with van der Waals surface area (Å²) in [6.07, 6.45) is 0.318. The van der Waals surface area contributed by atoms with Crippen molar-refractivity contribution in [2.24, 2.45) is 5.73 Å². The fourth-order valence-corrected chi connectivity index (χ4v) is 1.96. The molecule has 2 N–H and O–H groups in total. The van der Waals surface area contributed by atoms with Crippen LogP contribution >= 0.6 is 23.2 Å². The van der Waals surface area contributed by atoms with Crippen molar-refractivity contribution < 1.29 is 4.79 Å². The van der Waals surface area contributed by atoms with Gasteiger partial charge in [-0.1, -0.05) is 29.3 Å². The maximum Gasteiger partial charge on any atom is 0.224 e. The first-order valence-corrected chi connectivity index (χ1v) is 6.10. The molecule has 0 radical (unpaired) electrons. The molecule has 0 saturated carbocycles. The molecule has 1 rings (SSSR count). The second-order valence-corrected chi connectivity index (χ2v) is 4.95. The third-order valence-electron chi connectivity index (χ3n) is 2.38. The smallest absolute Gasteiger partial charge is 0.224 e. The van der Waals surface area contributed by atoms with Crippen LogP contribution in [0.15, 0.2) is 18.2 Å². The van der Waals surface area contributed by atoms with Crippen molar-refractivity contribution in [2.75, 3.05) is 7.05 Å². The molecule has 3 nitrogen and oxygen atoms in total. The molecule has 1 atom stereocenters. The lowest BCUT2D eigenvalue weighted by molar-refractivity contribution is -0.130. The Bertz CT molecular complexity index is 387. The Balaban J connectivity index is 2.74. The Morgan fingerprint density at radius 3 is 2.41 bits per heavy atom. The molecule has 17 heavy (non-hydrogen) atoms. The summed E-state index contributed by atoms with van der Waals surface area (Å²) in [6, 6.07) is 5.14. The van der Waals surface area contributed by atoms with E-state index in [1.807, 2.05) is 0 Å². The zero-order chi connectivity index (χ0) is 13.0. The second kappa shape index (κ2) is 6.24. The predicted octanol–water partition coefficient (Wildman–Crippen LogP) is 2.69. The maximum absolute atomic E-state index is 11.7. The number of nitrogens with two attached hydrogens (primary N) is 1. The fraction of sp³-hybridized carbons (Fsp3) is 0.417. The van der Waals surface area contributed by atoms with E-state index in [4.69, 9.17) is 28.9 Å². The van der Waals surface area contributed by atoms with Crippen LogP contribution in [0.5, 0.6) is 0 Å². The zero-order valence-corrected chi connectivity index (χ0v) is 11.4. The van der Waals surface area contributed by atoms with Gasteiger partial charge in [0, 0.05) is 41.7 Å². The third kappa shape index (κ3) is 4.19. The maximum atomic E-state index is 11.7. The molecule has 94 valence electrons.